The van der Waals surface area contributed by atoms with Gasteiger partial charge in [0.25, 0.3) is 5.91 Å². The topological polar surface area (TPSA) is 70.4 Å². The number of unbranched alkanes of at least 4 members (excludes halogenated alkanes) is 2. The van der Waals surface area contributed by atoms with E-state index in [0.717, 1.165) is 36.3 Å². The molecule has 0 aliphatic carbocycles. The molecule has 2 aromatic heterocycles. The van der Waals surface area contributed by atoms with Crippen molar-refractivity contribution < 1.29 is 9.32 Å². The van der Waals surface area contributed by atoms with Crippen LogP contribution in [0.25, 0.3) is 10.6 Å². The highest BCUT2D eigenvalue weighted by molar-refractivity contribution is 7.13. The van der Waals surface area contributed by atoms with E-state index >= 15 is 0 Å². The summed E-state index contributed by atoms with van der Waals surface area (Å²) in [6, 6.07) is 7.10. The first-order valence-electron chi connectivity index (χ1n) is 9.06. The molecule has 2 saturated heterocycles. The first kappa shape index (κ1) is 16.8. The summed E-state index contributed by atoms with van der Waals surface area (Å²) < 4.78 is 5.25. The Morgan fingerprint density at radius 3 is 3.16 bits per heavy atom. The van der Waals surface area contributed by atoms with Crippen molar-refractivity contribution in [2.45, 2.75) is 37.8 Å². The van der Waals surface area contributed by atoms with Crippen LogP contribution in [0.4, 0.5) is 0 Å². The van der Waals surface area contributed by atoms with Crippen LogP contribution in [-0.2, 0) is 0 Å². The van der Waals surface area contributed by atoms with E-state index < -0.39 is 0 Å². The summed E-state index contributed by atoms with van der Waals surface area (Å²) in [7, 11) is 0. The molecule has 2 N–H and O–H groups in total. The van der Waals surface area contributed by atoms with Gasteiger partial charge < -0.3 is 15.2 Å². The Kier molecular flexibility index (Phi) is 5.14. The van der Waals surface area contributed by atoms with Crippen molar-refractivity contribution in [2.75, 3.05) is 26.2 Å². The number of carbonyl (C=O) groups excluding carboxylic acids is 1. The maximum absolute atomic E-state index is 12.1. The molecule has 4 heterocycles. The van der Waals surface area contributed by atoms with Crippen molar-refractivity contribution in [1.29, 1.82) is 0 Å². The standard InChI is InChI=1S/C18H24N4O2S/c23-18(15-10-16(24-21-15)17-5-4-8-25-17)19-6-2-1-3-7-22-12-13-9-14(22)11-20-13/h4-5,8,10,13-14,20H,1-3,6-7,9,11-12H2,(H,19,23). The molecule has 7 heteroatoms. The Morgan fingerprint density at radius 2 is 2.40 bits per heavy atom. The Morgan fingerprint density at radius 1 is 1.44 bits per heavy atom. The molecule has 2 aromatic rings. The molecule has 25 heavy (non-hydrogen) atoms. The minimum Gasteiger partial charge on any atom is -0.355 e. The normalized spacial score (nSPS) is 22.6. The second-order valence-corrected chi connectivity index (χ2v) is 7.81. The van der Waals surface area contributed by atoms with Gasteiger partial charge in [0, 0.05) is 37.8 Å². The smallest absolute Gasteiger partial charge is 0.273 e. The van der Waals surface area contributed by atoms with E-state index in [1.165, 1.54) is 25.9 Å². The number of fused-ring (bicyclic) bond motifs is 2. The van der Waals surface area contributed by atoms with Gasteiger partial charge in [0.05, 0.1) is 4.88 Å². The summed E-state index contributed by atoms with van der Waals surface area (Å²) >= 11 is 1.57. The number of nitrogens with one attached hydrogen (secondary N) is 2. The molecule has 1 amide bonds. The third-order valence-corrected chi connectivity index (χ3v) is 5.97. The molecule has 0 saturated carbocycles. The van der Waals surface area contributed by atoms with Gasteiger partial charge in [-0.25, -0.2) is 0 Å². The van der Waals surface area contributed by atoms with Crippen molar-refractivity contribution in [3.63, 3.8) is 0 Å². The van der Waals surface area contributed by atoms with Crippen molar-refractivity contribution >= 4 is 17.2 Å². The van der Waals surface area contributed by atoms with Crippen LogP contribution in [-0.4, -0.2) is 54.2 Å². The Bertz CT molecular complexity index is 700. The Hall–Kier alpha value is -1.70. The predicted molar refractivity (Wildman–Crippen MR) is 97.8 cm³/mol. The number of likely N-dealkylation sites (tertiary alicyclic amines) is 1. The molecule has 2 bridgehead atoms. The van der Waals surface area contributed by atoms with Crippen LogP contribution in [0.3, 0.4) is 0 Å². The van der Waals surface area contributed by atoms with E-state index in [4.69, 9.17) is 4.52 Å². The molecular formula is C18H24N4O2S. The minimum atomic E-state index is -0.158. The number of amides is 1. The fourth-order valence-electron chi connectivity index (χ4n) is 3.75. The zero-order chi connectivity index (χ0) is 17.1. The number of thiophene rings is 1. The number of aromatic nitrogens is 1. The lowest BCUT2D eigenvalue weighted by molar-refractivity contribution is 0.0944. The fourth-order valence-corrected chi connectivity index (χ4v) is 4.42. The first-order valence-corrected chi connectivity index (χ1v) is 9.94. The van der Waals surface area contributed by atoms with Crippen molar-refractivity contribution in [3.8, 4) is 10.6 Å². The number of rotatable bonds is 8. The molecular weight excluding hydrogens is 336 g/mol. The van der Waals surface area contributed by atoms with E-state index in [1.807, 2.05) is 17.5 Å². The molecule has 0 aromatic carbocycles. The van der Waals surface area contributed by atoms with Gasteiger partial charge in [0.2, 0.25) is 0 Å². The lowest BCUT2D eigenvalue weighted by atomic mass is 10.2. The van der Waals surface area contributed by atoms with Gasteiger partial charge in [-0.05, 0) is 37.3 Å². The zero-order valence-electron chi connectivity index (χ0n) is 14.2. The number of hydrogen-bond donors (Lipinski definition) is 2. The Labute approximate surface area is 151 Å². The van der Waals surface area contributed by atoms with Crippen molar-refractivity contribution in [1.82, 2.24) is 20.7 Å². The van der Waals surface area contributed by atoms with Gasteiger partial charge >= 0.3 is 0 Å². The van der Waals surface area contributed by atoms with Crippen molar-refractivity contribution in [3.05, 3.63) is 29.3 Å². The van der Waals surface area contributed by atoms with Crippen LogP contribution in [0.2, 0.25) is 0 Å². The largest absolute Gasteiger partial charge is 0.355 e. The summed E-state index contributed by atoms with van der Waals surface area (Å²) in [6.45, 7) is 4.24. The predicted octanol–water partition coefficient (Wildman–Crippen LogP) is 2.35. The van der Waals surface area contributed by atoms with Gasteiger partial charge in [-0.2, -0.15) is 0 Å². The average molecular weight is 360 g/mol. The summed E-state index contributed by atoms with van der Waals surface area (Å²) in [5.74, 6) is 0.490. The molecule has 0 radical (unpaired) electrons. The number of hydrogen-bond acceptors (Lipinski definition) is 6. The van der Waals surface area contributed by atoms with Gasteiger partial charge in [-0.15, -0.1) is 11.3 Å². The number of nitrogens with zero attached hydrogens (tertiary/aromatic N) is 2. The number of piperazine rings is 1. The molecule has 6 nitrogen and oxygen atoms in total. The van der Waals surface area contributed by atoms with E-state index in [2.05, 4.69) is 20.7 Å². The maximum Gasteiger partial charge on any atom is 0.273 e. The highest BCUT2D eigenvalue weighted by Gasteiger charge is 2.36. The average Bonchev–Trinajstić information content (AvgIpc) is 3.40. The van der Waals surface area contributed by atoms with Crippen LogP contribution < -0.4 is 10.6 Å². The molecule has 0 spiro atoms. The highest BCUT2D eigenvalue weighted by atomic mass is 32.1. The Balaban J connectivity index is 1.12. The van der Waals surface area contributed by atoms with E-state index in [1.54, 1.807) is 17.4 Å². The molecule has 2 aliphatic rings. The van der Waals surface area contributed by atoms with E-state index in [0.29, 0.717) is 18.0 Å². The summed E-state index contributed by atoms with van der Waals surface area (Å²) in [5.41, 5.74) is 0.351. The van der Waals surface area contributed by atoms with Gasteiger partial charge in [0.1, 0.15) is 0 Å². The second-order valence-electron chi connectivity index (χ2n) is 6.86. The van der Waals surface area contributed by atoms with E-state index in [-0.39, 0.29) is 5.91 Å². The minimum absolute atomic E-state index is 0.158. The molecule has 2 atom stereocenters. The summed E-state index contributed by atoms with van der Waals surface area (Å²) in [6.07, 6.45) is 4.66. The molecule has 4 rings (SSSR count). The lowest BCUT2D eigenvalue weighted by Crippen LogP contribution is -2.43. The molecule has 2 aliphatic heterocycles. The fraction of sp³-hybridized carbons (Fsp3) is 0.556. The highest BCUT2D eigenvalue weighted by Crippen LogP contribution is 2.25. The third kappa shape index (κ3) is 3.94. The lowest BCUT2D eigenvalue weighted by Gasteiger charge is -2.27. The summed E-state index contributed by atoms with van der Waals surface area (Å²) in [5, 5.41) is 12.3. The zero-order valence-corrected chi connectivity index (χ0v) is 15.1. The van der Waals surface area contributed by atoms with Gasteiger partial charge in [-0.3, -0.25) is 9.69 Å². The van der Waals surface area contributed by atoms with Crippen LogP contribution >= 0.6 is 11.3 Å². The maximum atomic E-state index is 12.1. The van der Waals surface area contributed by atoms with Crippen LogP contribution in [0.15, 0.2) is 28.1 Å². The summed E-state index contributed by atoms with van der Waals surface area (Å²) in [4.78, 5) is 15.7. The van der Waals surface area contributed by atoms with Crippen LogP contribution in [0.1, 0.15) is 36.2 Å². The molecule has 134 valence electrons. The first-order chi connectivity index (χ1) is 12.3. The monoisotopic (exact) mass is 360 g/mol. The van der Waals surface area contributed by atoms with Crippen molar-refractivity contribution in [2.24, 2.45) is 0 Å². The van der Waals surface area contributed by atoms with Gasteiger partial charge in [-0.1, -0.05) is 17.6 Å². The molecule has 2 unspecified atom stereocenters. The quantitative estimate of drug-likeness (QED) is 0.707. The van der Waals surface area contributed by atoms with E-state index in [9.17, 15) is 4.79 Å². The van der Waals surface area contributed by atoms with Gasteiger partial charge in [0.15, 0.2) is 11.5 Å². The third-order valence-electron chi connectivity index (χ3n) is 5.08. The second kappa shape index (κ2) is 7.68. The molecule has 2 fully saturated rings. The van der Waals surface area contributed by atoms with Crippen LogP contribution in [0, 0.1) is 0 Å². The SMILES string of the molecule is O=C(NCCCCCN1CC2CC1CN2)c1cc(-c2cccs2)on1. The number of carbonyl (C=O) groups is 1. The van der Waals surface area contributed by atoms with Crippen LogP contribution in [0.5, 0.6) is 0 Å².